The van der Waals surface area contributed by atoms with Crippen LogP contribution in [0.25, 0.3) is 0 Å². The fraction of sp³-hybridized carbons (Fsp3) is 0.846. The first-order chi connectivity index (χ1) is 8.20. The van der Waals surface area contributed by atoms with E-state index >= 15 is 0 Å². The second-order valence-corrected chi connectivity index (χ2v) is 5.36. The number of aryl methyl sites for hydroxylation is 1. The fourth-order valence-electron chi connectivity index (χ4n) is 2.91. The molecule has 0 radical (unpaired) electrons. The zero-order valence-corrected chi connectivity index (χ0v) is 11.0. The zero-order valence-electron chi connectivity index (χ0n) is 11.0. The lowest BCUT2D eigenvalue weighted by molar-refractivity contribution is 0.236. The number of rotatable bonds is 4. The Morgan fingerprint density at radius 1 is 1.41 bits per heavy atom. The molecule has 1 aromatic heterocycles. The third kappa shape index (κ3) is 3.06. The Kier molecular flexibility index (Phi) is 4.15. The molecule has 0 spiro atoms. The molecule has 2 rings (SSSR count). The van der Waals surface area contributed by atoms with Gasteiger partial charge in [0.05, 0.1) is 0 Å². The maximum atomic E-state index is 6.31. The Hall–Kier alpha value is -0.900. The van der Waals surface area contributed by atoms with E-state index in [0.717, 1.165) is 18.2 Å². The highest BCUT2D eigenvalue weighted by Crippen LogP contribution is 2.32. The summed E-state index contributed by atoms with van der Waals surface area (Å²) >= 11 is 0. The molecule has 17 heavy (non-hydrogen) atoms. The van der Waals surface area contributed by atoms with Gasteiger partial charge in [-0.2, -0.15) is 5.10 Å². The van der Waals surface area contributed by atoms with Crippen LogP contribution < -0.4 is 5.73 Å². The Labute approximate surface area is 104 Å². The summed E-state index contributed by atoms with van der Waals surface area (Å²) in [4.78, 5) is 4.25. The lowest BCUT2D eigenvalue weighted by Crippen LogP contribution is -2.35. The van der Waals surface area contributed by atoms with E-state index in [1.54, 1.807) is 6.33 Å². The van der Waals surface area contributed by atoms with Crippen molar-refractivity contribution in [1.29, 1.82) is 0 Å². The van der Waals surface area contributed by atoms with Crippen LogP contribution in [0.2, 0.25) is 0 Å². The minimum atomic E-state index is 0.246. The summed E-state index contributed by atoms with van der Waals surface area (Å²) in [5.74, 6) is 2.62. The lowest BCUT2D eigenvalue weighted by atomic mass is 9.77. The molecule has 4 heteroatoms. The Bertz CT molecular complexity index is 339. The summed E-state index contributed by atoms with van der Waals surface area (Å²) in [6.45, 7) is 2.30. The number of nitrogens with zero attached hydrogens (tertiary/aromatic N) is 3. The molecule has 0 amide bonds. The number of aromatic nitrogens is 3. The second kappa shape index (κ2) is 5.63. The highest BCUT2D eigenvalue weighted by Gasteiger charge is 2.25. The lowest BCUT2D eigenvalue weighted by Gasteiger charge is -2.31. The van der Waals surface area contributed by atoms with Crippen LogP contribution in [0.3, 0.4) is 0 Å². The topological polar surface area (TPSA) is 56.7 Å². The van der Waals surface area contributed by atoms with Crippen molar-refractivity contribution in [3.8, 4) is 0 Å². The van der Waals surface area contributed by atoms with Crippen molar-refractivity contribution in [1.82, 2.24) is 14.8 Å². The molecule has 1 atom stereocenters. The molecule has 0 aromatic carbocycles. The van der Waals surface area contributed by atoms with Gasteiger partial charge in [-0.1, -0.05) is 26.2 Å². The van der Waals surface area contributed by atoms with Crippen LogP contribution in [0.1, 0.15) is 44.9 Å². The van der Waals surface area contributed by atoms with Gasteiger partial charge in [0.1, 0.15) is 12.2 Å². The summed E-state index contributed by atoms with van der Waals surface area (Å²) in [6, 6.07) is 0.246. The van der Waals surface area contributed by atoms with Crippen molar-refractivity contribution in [2.45, 2.75) is 51.5 Å². The summed E-state index contributed by atoms with van der Waals surface area (Å²) in [5, 5.41) is 4.09. The highest BCUT2D eigenvalue weighted by atomic mass is 15.3. The molecular formula is C13H24N4. The zero-order chi connectivity index (χ0) is 12.3. The van der Waals surface area contributed by atoms with Crippen molar-refractivity contribution in [2.24, 2.45) is 24.6 Å². The van der Waals surface area contributed by atoms with Gasteiger partial charge in [0.2, 0.25) is 0 Å². The van der Waals surface area contributed by atoms with Gasteiger partial charge in [-0.3, -0.25) is 4.68 Å². The number of hydrogen-bond acceptors (Lipinski definition) is 3. The predicted molar refractivity (Wildman–Crippen MR) is 68.4 cm³/mol. The molecule has 0 bridgehead atoms. The van der Waals surface area contributed by atoms with E-state index in [1.165, 1.54) is 32.1 Å². The van der Waals surface area contributed by atoms with Crippen molar-refractivity contribution in [3.05, 3.63) is 12.2 Å². The van der Waals surface area contributed by atoms with E-state index in [2.05, 4.69) is 17.0 Å². The molecule has 2 N–H and O–H groups in total. The molecule has 96 valence electrons. The normalized spacial score (nSPS) is 27.0. The minimum Gasteiger partial charge on any atom is -0.327 e. The molecule has 1 heterocycles. The van der Waals surface area contributed by atoms with Crippen LogP contribution in [0.4, 0.5) is 0 Å². The molecular weight excluding hydrogens is 212 g/mol. The van der Waals surface area contributed by atoms with Gasteiger partial charge in [-0.15, -0.1) is 0 Å². The van der Waals surface area contributed by atoms with Crippen molar-refractivity contribution in [2.75, 3.05) is 0 Å². The molecule has 1 aliphatic carbocycles. The number of hydrogen-bond donors (Lipinski definition) is 1. The number of nitrogens with two attached hydrogens (primary N) is 1. The van der Waals surface area contributed by atoms with Crippen LogP contribution >= 0.6 is 0 Å². The van der Waals surface area contributed by atoms with Crippen LogP contribution in [-0.2, 0) is 13.5 Å². The Balaban J connectivity index is 1.85. The van der Waals surface area contributed by atoms with Crippen molar-refractivity contribution < 1.29 is 0 Å². The molecule has 1 saturated carbocycles. The summed E-state index contributed by atoms with van der Waals surface area (Å²) in [7, 11) is 1.93. The maximum absolute atomic E-state index is 6.31. The molecule has 0 aliphatic heterocycles. The van der Waals surface area contributed by atoms with Gasteiger partial charge in [0, 0.05) is 19.5 Å². The fourth-order valence-corrected chi connectivity index (χ4v) is 2.91. The average molecular weight is 236 g/mol. The monoisotopic (exact) mass is 236 g/mol. The first kappa shape index (κ1) is 12.6. The van der Waals surface area contributed by atoms with Crippen molar-refractivity contribution in [3.63, 3.8) is 0 Å². The van der Waals surface area contributed by atoms with E-state index < -0.39 is 0 Å². The van der Waals surface area contributed by atoms with Gasteiger partial charge >= 0.3 is 0 Å². The smallest absolute Gasteiger partial charge is 0.138 e. The van der Waals surface area contributed by atoms with Gasteiger partial charge < -0.3 is 5.73 Å². The van der Waals surface area contributed by atoms with E-state index in [9.17, 15) is 0 Å². The summed E-state index contributed by atoms with van der Waals surface area (Å²) < 4.78 is 1.83. The molecule has 1 aromatic rings. The van der Waals surface area contributed by atoms with Gasteiger partial charge in [-0.25, -0.2) is 4.98 Å². The van der Waals surface area contributed by atoms with Crippen LogP contribution in [0.5, 0.6) is 0 Å². The van der Waals surface area contributed by atoms with Gasteiger partial charge in [0.15, 0.2) is 0 Å². The molecule has 1 fully saturated rings. The summed E-state index contributed by atoms with van der Waals surface area (Å²) in [6.07, 6.45) is 9.08. The standard InChI is InChI=1S/C13H24N4/c1-3-10-4-6-11(7-5-10)12(14)8-13-15-9-16-17(13)2/h9-12H,3-8,14H2,1-2H3. The van der Waals surface area contributed by atoms with E-state index in [0.29, 0.717) is 5.92 Å². The Morgan fingerprint density at radius 2 is 2.12 bits per heavy atom. The average Bonchev–Trinajstić information content (AvgIpc) is 2.75. The molecule has 1 unspecified atom stereocenters. The Morgan fingerprint density at radius 3 is 2.65 bits per heavy atom. The van der Waals surface area contributed by atoms with Crippen LogP contribution in [-0.4, -0.2) is 20.8 Å². The highest BCUT2D eigenvalue weighted by molar-refractivity contribution is 4.91. The molecule has 0 saturated heterocycles. The van der Waals surface area contributed by atoms with Crippen LogP contribution in [0, 0.1) is 11.8 Å². The van der Waals surface area contributed by atoms with E-state index in [1.807, 2.05) is 11.7 Å². The van der Waals surface area contributed by atoms with Gasteiger partial charge in [0.25, 0.3) is 0 Å². The predicted octanol–water partition coefficient (Wildman–Crippen LogP) is 1.90. The maximum Gasteiger partial charge on any atom is 0.138 e. The second-order valence-electron chi connectivity index (χ2n) is 5.36. The van der Waals surface area contributed by atoms with E-state index in [4.69, 9.17) is 5.73 Å². The van der Waals surface area contributed by atoms with Crippen molar-refractivity contribution >= 4 is 0 Å². The molecule has 1 aliphatic rings. The van der Waals surface area contributed by atoms with Gasteiger partial charge in [-0.05, 0) is 24.7 Å². The SMILES string of the molecule is CCC1CCC(C(N)Cc2ncnn2C)CC1. The first-order valence-corrected chi connectivity index (χ1v) is 6.79. The quantitative estimate of drug-likeness (QED) is 0.868. The van der Waals surface area contributed by atoms with Crippen LogP contribution in [0.15, 0.2) is 6.33 Å². The molecule has 4 nitrogen and oxygen atoms in total. The third-order valence-electron chi connectivity index (χ3n) is 4.30. The summed E-state index contributed by atoms with van der Waals surface area (Å²) in [5.41, 5.74) is 6.31. The van der Waals surface area contributed by atoms with E-state index in [-0.39, 0.29) is 6.04 Å². The first-order valence-electron chi connectivity index (χ1n) is 6.79. The third-order valence-corrected chi connectivity index (χ3v) is 4.30. The largest absolute Gasteiger partial charge is 0.327 e. The minimum absolute atomic E-state index is 0.246.